The Hall–Kier alpha value is -2.82. The predicted molar refractivity (Wildman–Crippen MR) is 78.6 cm³/mol. The largest absolute Gasteiger partial charge is 0.493 e. The Bertz CT molecular complexity index is 708. The van der Waals surface area contributed by atoms with E-state index in [-0.39, 0.29) is 5.91 Å². The molecule has 0 unspecified atom stereocenters. The first kappa shape index (κ1) is 13.2. The molecule has 0 saturated heterocycles. The molecule has 0 saturated carbocycles. The Morgan fingerprint density at radius 1 is 1.05 bits per heavy atom. The van der Waals surface area contributed by atoms with Gasteiger partial charge in [-0.25, -0.2) is 0 Å². The molecule has 106 valence electrons. The van der Waals surface area contributed by atoms with Gasteiger partial charge in [0.25, 0.3) is 5.91 Å². The topological polar surface area (TPSA) is 81.4 Å². The third-order valence-electron chi connectivity index (χ3n) is 3.38. The first-order chi connectivity index (χ1) is 10.1. The van der Waals surface area contributed by atoms with E-state index < -0.39 is 5.91 Å². The van der Waals surface area contributed by atoms with Crippen LogP contribution in [0.5, 0.6) is 5.75 Å². The van der Waals surface area contributed by atoms with Crippen molar-refractivity contribution in [3.63, 3.8) is 0 Å². The second-order valence-electron chi connectivity index (χ2n) is 4.82. The van der Waals surface area contributed by atoms with E-state index >= 15 is 0 Å². The number of nitrogens with one attached hydrogen (secondary N) is 1. The molecule has 0 aromatic heterocycles. The summed E-state index contributed by atoms with van der Waals surface area (Å²) in [6.07, 6.45) is 0.823. The summed E-state index contributed by atoms with van der Waals surface area (Å²) in [5.41, 5.74) is 7.82. The minimum absolute atomic E-state index is 0.198. The van der Waals surface area contributed by atoms with Gasteiger partial charge in [-0.1, -0.05) is 0 Å². The maximum absolute atomic E-state index is 12.2. The van der Waals surface area contributed by atoms with Crippen LogP contribution in [0, 0.1) is 0 Å². The van der Waals surface area contributed by atoms with Crippen molar-refractivity contribution in [2.75, 3.05) is 11.9 Å². The quantitative estimate of drug-likeness (QED) is 0.903. The van der Waals surface area contributed by atoms with Crippen LogP contribution in [0.4, 0.5) is 5.69 Å². The monoisotopic (exact) mass is 282 g/mol. The highest BCUT2D eigenvalue weighted by Crippen LogP contribution is 2.26. The Morgan fingerprint density at radius 2 is 1.76 bits per heavy atom. The average Bonchev–Trinajstić information content (AvgIpc) is 2.95. The van der Waals surface area contributed by atoms with Crippen LogP contribution in [0.2, 0.25) is 0 Å². The summed E-state index contributed by atoms with van der Waals surface area (Å²) in [5.74, 6) is 0.153. The standard InChI is InChI=1S/C16H14N2O3/c17-15(19)10-1-4-13(5-2-10)18-16(20)12-3-6-14-11(9-12)7-8-21-14/h1-6,9H,7-8H2,(H2,17,19)(H,18,20). The molecule has 1 heterocycles. The fraction of sp³-hybridized carbons (Fsp3) is 0.125. The fourth-order valence-corrected chi connectivity index (χ4v) is 2.25. The smallest absolute Gasteiger partial charge is 0.255 e. The number of ether oxygens (including phenoxy) is 1. The maximum atomic E-state index is 12.2. The van der Waals surface area contributed by atoms with Gasteiger partial charge in [0.15, 0.2) is 0 Å². The third kappa shape index (κ3) is 2.72. The van der Waals surface area contributed by atoms with Crippen molar-refractivity contribution in [3.05, 3.63) is 59.2 Å². The summed E-state index contributed by atoms with van der Waals surface area (Å²) >= 11 is 0. The van der Waals surface area contributed by atoms with Gasteiger partial charge in [0.1, 0.15) is 5.75 Å². The summed E-state index contributed by atoms with van der Waals surface area (Å²) in [6.45, 7) is 0.662. The second kappa shape index (κ2) is 5.28. The Kier molecular flexibility index (Phi) is 3.31. The minimum atomic E-state index is -0.494. The summed E-state index contributed by atoms with van der Waals surface area (Å²) in [7, 11) is 0. The first-order valence-electron chi connectivity index (χ1n) is 6.60. The lowest BCUT2D eigenvalue weighted by Crippen LogP contribution is -2.13. The number of fused-ring (bicyclic) bond motifs is 1. The molecule has 0 atom stereocenters. The van der Waals surface area contributed by atoms with Crippen molar-refractivity contribution in [2.24, 2.45) is 5.73 Å². The van der Waals surface area contributed by atoms with Gasteiger partial charge < -0.3 is 15.8 Å². The first-order valence-corrected chi connectivity index (χ1v) is 6.60. The predicted octanol–water partition coefficient (Wildman–Crippen LogP) is 1.97. The number of carbonyl (C=O) groups is 2. The summed E-state index contributed by atoms with van der Waals surface area (Å²) in [5, 5.41) is 2.78. The van der Waals surface area contributed by atoms with Gasteiger partial charge in [-0.15, -0.1) is 0 Å². The lowest BCUT2D eigenvalue weighted by molar-refractivity contribution is 0.0998. The van der Waals surface area contributed by atoms with Gasteiger partial charge in [0.2, 0.25) is 5.91 Å². The van der Waals surface area contributed by atoms with E-state index in [9.17, 15) is 9.59 Å². The van der Waals surface area contributed by atoms with Crippen LogP contribution < -0.4 is 15.8 Å². The summed E-state index contributed by atoms with van der Waals surface area (Å²) < 4.78 is 5.41. The normalized spacial score (nSPS) is 12.4. The summed E-state index contributed by atoms with van der Waals surface area (Å²) in [4.78, 5) is 23.2. The number of benzene rings is 2. The number of carbonyl (C=O) groups excluding carboxylic acids is 2. The Balaban J connectivity index is 1.75. The molecule has 21 heavy (non-hydrogen) atoms. The highest BCUT2D eigenvalue weighted by atomic mass is 16.5. The van der Waals surface area contributed by atoms with E-state index in [1.165, 1.54) is 0 Å². The van der Waals surface area contributed by atoms with Crippen LogP contribution in [-0.2, 0) is 6.42 Å². The highest BCUT2D eigenvalue weighted by molar-refractivity contribution is 6.04. The Morgan fingerprint density at radius 3 is 2.48 bits per heavy atom. The molecule has 2 amide bonds. The van der Waals surface area contributed by atoms with Crippen molar-refractivity contribution in [1.82, 2.24) is 0 Å². The van der Waals surface area contributed by atoms with E-state index in [4.69, 9.17) is 10.5 Å². The van der Waals surface area contributed by atoms with E-state index in [0.29, 0.717) is 23.4 Å². The number of amides is 2. The molecule has 0 radical (unpaired) electrons. The lowest BCUT2D eigenvalue weighted by atomic mass is 10.1. The Labute approximate surface area is 121 Å². The van der Waals surface area contributed by atoms with Crippen molar-refractivity contribution < 1.29 is 14.3 Å². The van der Waals surface area contributed by atoms with Crippen LogP contribution >= 0.6 is 0 Å². The van der Waals surface area contributed by atoms with E-state index in [2.05, 4.69) is 5.32 Å². The SMILES string of the molecule is NC(=O)c1ccc(NC(=O)c2ccc3c(c2)CCO3)cc1. The number of hydrogen-bond donors (Lipinski definition) is 2. The molecule has 0 fully saturated rings. The van der Waals surface area contributed by atoms with Crippen molar-refractivity contribution in [2.45, 2.75) is 6.42 Å². The van der Waals surface area contributed by atoms with Gasteiger partial charge in [-0.05, 0) is 48.0 Å². The lowest BCUT2D eigenvalue weighted by Gasteiger charge is -2.07. The van der Waals surface area contributed by atoms with Gasteiger partial charge in [0.05, 0.1) is 6.61 Å². The zero-order valence-corrected chi connectivity index (χ0v) is 11.3. The number of anilines is 1. The second-order valence-corrected chi connectivity index (χ2v) is 4.82. The number of hydrogen-bond acceptors (Lipinski definition) is 3. The molecule has 2 aromatic rings. The zero-order chi connectivity index (χ0) is 14.8. The average molecular weight is 282 g/mol. The molecule has 1 aliphatic rings. The zero-order valence-electron chi connectivity index (χ0n) is 11.3. The number of primary amides is 1. The van der Waals surface area contributed by atoms with E-state index in [1.54, 1.807) is 30.3 Å². The number of rotatable bonds is 3. The van der Waals surface area contributed by atoms with Crippen LogP contribution in [0.25, 0.3) is 0 Å². The van der Waals surface area contributed by atoms with Gasteiger partial charge in [-0.2, -0.15) is 0 Å². The van der Waals surface area contributed by atoms with Gasteiger partial charge >= 0.3 is 0 Å². The molecule has 5 heteroatoms. The molecule has 3 N–H and O–H groups in total. The molecule has 0 spiro atoms. The molecule has 0 bridgehead atoms. The van der Waals surface area contributed by atoms with E-state index in [1.807, 2.05) is 12.1 Å². The molecule has 3 rings (SSSR count). The third-order valence-corrected chi connectivity index (χ3v) is 3.38. The molecular weight excluding hydrogens is 268 g/mol. The fourth-order valence-electron chi connectivity index (χ4n) is 2.25. The minimum Gasteiger partial charge on any atom is -0.493 e. The van der Waals surface area contributed by atoms with E-state index in [0.717, 1.165) is 17.7 Å². The van der Waals surface area contributed by atoms with Gasteiger partial charge in [-0.3, -0.25) is 9.59 Å². The van der Waals surface area contributed by atoms with Gasteiger partial charge in [0, 0.05) is 23.2 Å². The van der Waals surface area contributed by atoms with Crippen molar-refractivity contribution >= 4 is 17.5 Å². The number of nitrogens with two attached hydrogens (primary N) is 1. The highest BCUT2D eigenvalue weighted by Gasteiger charge is 2.15. The van der Waals surface area contributed by atoms with Crippen LogP contribution in [0.15, 0.2) is 42.5 Å². The maximum Gasteiger partial charge on any atom is 0.255 e. The van der Waals surface area contributed by atoms with Crippen LogP contribution in [0.1, 0.15) is 26.3 Å². The van der Waals surface area contributed by atoms with Crippen LogP contribution in [0.3, 0.4) is 0 Å². The van der Waals surface area contributed by atoms with Crippen LogP contribution in [-0.4, -0.2) is 18.4 Å². The molecule has 0 aliphatic carbocycles. The molecule has 2 aromatic carbocycles. The van der Waals surface area contributed by atoms with Crippen molar-refractivity contribution in [3.8, 4) is 5.75 Å². The molecular formula is C16H14N2O3. The molecule has 5 nitrogen and oxygen atoms in total. The molecule has 1 aliphatic heterocycles. The van der Waals surface area contributed by atoms with Crippen molar-refractivity contribution in [1.29, 1.82) is 0 Å². The summed E-state index contributed by atoms with van der Waals surface area (Å²) in [6, 6.07) is 11.8.